The molecule has 1 aromatic carbocycles. The van der Waals surface area contributed by atoms with Crippen molar-refractivity contribution in [3.8, 4) is 5.88 Å². The molecule has 0 amide bonds. The maximum Gasteiger partial charge on any atom is 0.232 e. The molecule has 0 aliphatic carbocycles. The molecule has 0 bridgehead atoms. The third-order valence-electron chi connectivity index (χ3n) is 2.50. The summed E-state index contributed by atoms with van der Waals surface area (Å²) in [6.07, 6.45) is 0. The highest BCUT2D eigenvalue weighted by molar-refractivity contribution is 6.09. The van der Waals surface area contributed by atoms with Crippen LogP contribution in [-0.4, -0.2) is 22.9 Å². The number of rotatable bonds is 3. The number of nitrogens with zero attached hydrogens (tertiary/aromatic N) is 2. The van der Waals surface area contributed by atoms with Crippen LogP contribution in [0.5, 0.6) is 5.88 Å². The average Bonchev–Trinajstić information content (AvgIpc) is 2.37. The number of anilines is 1. The molecule has 0 aliphatic heterocycles. The van der Waals surface area contributed by atoms with Gasteiger partial charge in [0.25, 0.3) is 0 Å². The number of ether oxygens (including phenoxy) is 1. The number of methoxy groups -OCH3 is 1. The van der Waals surface area contributed by atoms with Crippen LogP contribution in [0, 0.1) is 12.7 Å². The molecule has 1 heterocycles. The van der Waals surface area contributed by atoms with E-state index in [1.807, 2.05) is 0 Å². The predicted octanol–water partition coefficient (Wildman–Crippen LogP) is 1.75. The summed E-state index contributed by atoms with van der Waals surface area (Å²) in [7, 11) is 1.45. The lowest BCUT2D eigenvalue weighted by Crippen LogP contribution is -2.11. The molecule has 1 aromatic heterocycles. The van der Waals surface area contributed by atoms with Crippen LogP contribution >= 0.6 is 0 Å². The fraction of sp³-hybridized carbons (Fsp3) is 0.154. The highest BCUT2D eigenvalue weighted by Gasteiger charge is 2.17. The van der Waals surface area contributed by atoms with Gasteiger partial charge >= 0.3 is 0 Å². The zero-order valence-corrected chi connectivity index (χ0v) is 10.5. The van der Waals surface area contributed by atoms with Gasteiger partial charge in [0.1, 0.15) is 5.82 Å². The number of nitrogen functional groups attached to an aromatic ring is 1. The Morgan fingerprint density at radius 3 is 2.68 bits per heavy atom. The molecule has 0 unspecified atom stereocenters. The van der Waals surface area contributed by atoms with Crippen molar-refractivity contribution in [1.29, 1.82) is 0 Å². The molecule has 2 aromatic rings. The minimum absolute atomic E-state index is 0.0323. The fourth-order valence-corrected chi connectivity index (χ4v) is 1.61. The molecule has 5 nitrogen and oxygen atoms in total. The summed E-state index contributed by atoms with van der Waals surface area (Å²) in [5, 5.41) is 0. The molecule has 0 fully saturated rings. The van der Waals surface area contributed by atoms with E-state index in [9.17, 15) is 9.18 Å². The summed E-state index contributed by atoms with van der Waals surface area (Å²) in [5.74, 6) is -0.719. The Morgan fingerprint density at radius 2 is 2.05 bits per heavy atom. The molecular weight excluding hydrogens is 249 g/mol. The highest BCUT2D eigenvalue weighted by Crippen LogP contribution is 2.18. The Bertz CT molecular complexity index is 644. The van der Waals surface area contributed by atoms with E-state index in [1.165, 1.54) is 13.2 Å². The summed E-state index contributed by atoms with van der Waals surface area (Å²) >= 11 is 0. The standard InChI is InChI=1S/C13H12FN3O2/c1-7-5-11(19-2)17-13(16-7)12(18)9-4-3-8(14)6-10(9)15/h3-6H,15H2,1-2H3. The fourth-order valence-electron chi connectivity index (χ4n) is 1.61. The highest BCUT2D eigenvalue weighted by atomic mass is 19.1. The SMILES string of the molecule is COc1cc(C)nc(C(=O)c2ccc(F)cc2N)n1. The normalized spacial score (nSPS) is 10.3. The third-order valence-corrected chi connectivity index (χ3v) is 2.50. The number of hydrogen-bond acceptors (Lipinski definition) is 5. The summed E-state index contributed by atoms with van der Waals surface area (Å²) in [6.45, 7) is 1.72. The predicted molar refractivity (Wildman–Crippen MR) is 67.6 cm³/mol. The van der Waals surface area contributed by atoms with Gasteiger partial charge in [-0.25, -0.2) is 9.37 Å². The van der Waals surface area contributed by atoms with Crippen LogP contribution in [0.2, 0.25) is 0 Å². The first-order valence-corrected chi connectivity index (χ1v) is 5.50. The monoisotopic (exact) mass is 261 g/mol. The van der Waals surface area contributed by atoms with E-state index in [0.717, 1.165) is 12.1 Å². The van der Waals surface area contributed by atoms with Gasteiger partial charge in [0.15, 0.2) is 0 Å². The summed E-state index contributed by atoms with van der Waals surface area (Å²) < 4.78 is 17.9. The van der Waals surface area contributed by atoms with E-state index in [2.05, 4.69) is 9.97 Å². The number of carbonyl (C=O) groups excluding carboxylic acids is 1. The van der Waals surface area contributed by atoms with Gasteiger partial charge in [-0.15, -0.1) is 0 Å². The number of nitrogens with two attached hydrogens (primary N) is 1. The lowest BCUT2D eigenvalue weighted by molar-refractivity contribution is 0.102. The zero-order chi connectivity index (χ0) is 14.0. The van der Waals surface area contributed by atoms with Crippen LogP contribution in [0.15, 0.2) is 24.3 Å². The molecule has 2 rings (SSSR count). The second-order valence-corrected chi connectivity index (χ2v) is 3.94. The molecule has 19 heavy (non-hydrogen) atoms. The molecule has 0 saturated carbocycles. The topological polar surface area (TPSA) is 78.1 Å². The Hall–Kier alpha value is -2.50. The van der Waals surface area contributed by atoms with Crippen molar-refractivity contribution >= 4 is 11.5 Å². The van der Waals surface area contributed by atoms with Crippen molar-refractivity contribution in [2.75, 3.05) is 12.8 Å². The largest absolute Gasteiger partial charge is 0.481 e. The van der Waals surface area contributed by atoms with Crippen molar-refractivity contribution < 1.29 is 13.9 Å². The first kappa shape index (κ1) is 12.9. The van der Waals surface area contributed by atoms with Crippen LogP contribution in [-0.2, 0) is 0 Å². The summed E-state index contributed by atoms with van der Waals surface area (Å²) in [6, 6.07) is 5.16. The van der Waals surface area contributed by atoms with Crippen LogP contribution < -0.4 is 10.5 Å². The Kier molecular flexibility index (Phi) is 3.41. The maximum atomic E-state index is 13.0. The van der Waals surface area contributed by atoms with Gasteiger partial charge in [-0.05, 0) is 25.1 Å². The van der Waals surface area contributed by atoms with Crippen LogP contribution in [0.3, 0.4) is 0 Å². The van der Waals surface area contributed by atoms with E-state index in [1.54, 1.807) is 13.0 Å². The van der Waals surface area contributed by atoms with E-state index in [4.69, 9.17) is 10.5 Å². The van der Waals surface area contributed by atoms with Crippen molar-refractivity contribution in [2.24, 2.45) is 0 Å². The van der Waals surface area contributed by atoms with Gasteiger partial charge in [0, 0.05) is 23.0 Å². The smallest absolute Gasteiger partial charge is 0.232 e. The molecule has 0 atom stereocenters. The molecule has 0 aliphatic rings. The number of carbonyl (C=O) groups is 1. The van der Waals surface area contributed by atoms with Gasteiger partial charge in [0.2, 0.25) is 17.5 Å². The van der Waals surface area contributed by atoms with Gasteiger partial charge in [-0.2, -0.15) is 4.98 Å². The molecular formula is C13H12FN3O2. The van der Waals surface area contributed by atoms with Crippen LogP contribution in [0.25, 0.3) is 0 Å². The molecule has 0 saturated heterocycles. The van der Waals surface area contributed by atoms with Crippen LogP contribution in [0.1, 0.15) is 21.9 Å². The zero-order valence-electron chi connectivity index (χ0n) is 10.5. The Labute approximate surface area is 109 Å². The Morgan fingerprint density at radius 1 is 1.32 bits per heavy atom. The lowest BCUT2D eigenvalue weighted by Gasteiger charge is -2.06. The lowest BCUT2D eigenvalue weighted by atomic mass is 10.1. The van der Waals surface area contributed by atoms with E-state index >= 15 is 0 Å². The van der Waals surface area contributed by atoms with Gasteiger partial charge in [-0.1, -0.05) is 0 Å². The van der Waals surface area contributed by atoms with Crippen molar-refractivity contribution in [3.05, 3.63) is 47.2 Å². The first-order chi connectivity index (χ1) is 9.01. The minimum Gasteiger partial charge on any atom is -0.481 e. The summed E-state index contributed by atoms with van der Waals surface area (Å²) in [4.78, 5) is 20.2. The van der Waals surface area contributed by atoms with E-state index in [0.29, 0.717) is 5.69 Å². The average molecular weight is 261 g/mol. The molecule has 0 spiro atoms. The number of aromatic nitrogens is 2. The minimum atomic E-state index is -0.503. The van der Waals surface area contributed by atoms with Gasteiger partial charge < -0.3 is 10.5 Å². The van der Waals surface area contributed by atoms with E-state index < -0.39 is 11.6 Å². The number of benzene rings is 1. The second kappa shape index (κ2) is 5.01. The maximum absolute atomic E-state index is 13.0. The van der Waals surface area contributed by atoms with Gasteiger partial charge in [0.05, 0.1) is 7.11 Å². The number of halogens is 1. The molecule has 6 heteroatoms. The first-order valence-electron chi connectivity index (χ1n) is 5.50. The van der Waals surface area contributed by atoms with Crippen molar-refractivity contribution in [3.63, 3.8) is 0 Å². The number of ketones is 1. The molecule has 2 N–H and O–H groups in total. The van der Waals surface area contributed by atoms with Crippen LogP contribution in [0.4, 0.5) is 10.1 Å². The third kappa shape index (κ3) is 2.67. The second-order valence-electron chi connectivity index (χ2n) is 3.94. The van der Waals surface area contributed by atoms with Crippen molar-refractivity contribution in [1.82, 2.24) is 9.97 Å². The Balaban J connectivity index is 2.46. The van der Waals surface area contributed by atoms with E-state index in [-0.39, 0.29) is 23.0 Å². The number of hydrogen-bond donors (Lipinski definition) is 1. The number of aryl methyl sites for hydroxylation is 1. The molecule has 0 radical (unpaired) electrons. The van der Waals surface area contributed by atoms with Crippen molar-refractivity contribution in [2.45, 2.75) is 6.92 Å². The quantitative estimate of drug-likeness (QED) is 0.672. The summed E-state index contributed by atoms with van der Waals surface area (Å²) in [5.41, 5.74) is 6.43. The van der Waals surface area contributed by atoms with Gasteiger partial charge in [-0.3, -0.25) is 4.79 Å². The molecule has 98 valence electrons.